The smallest absolute Gasteiger partial charge is 0.179 e. The first-order valence-electron chi connectivity index (χ1n) is 7.59. The van der Waals surface area contributed by atoms with Gasteiger partial charge in [0.15, 0.2) is 5.78 Å². The van der Waals surface area contributed by atoms with Crippen LogP contribution in [0.2, 0.25) is 0 Å². The molecule has 0 N–H and O–H groups in total. The first kappa shape index (κ1) is 17.4. The number of ketones is 1. The van der Waals surface area contributed by atoms with Crippen molar-refractivity contribution in [1.82, 2.24) is 4.90 Å². The minimum Gasteiger partial charge on any atom is -0.292 e. The Balaban J connectivity index is 2.90. The Labute approximate surface area is 128 Å². The van der Waals surface area contributed by atoms with Crippen molar-refractivity contribution in [1.29, 1.82) is 5.26 Å². The molecule has 1 aromatic rings. The van der Waals surface area contributed by atoms with Crippen LogP contribution in [0, 0.1) is 31.1 Å². The molecule has 3 heteroatoms. The Hall–Kier alpha value is -1.66. The van der Waals surface area contributed by atoms with Crippen LogP contribution in [-0.4, -0.2) is 29.8 Å². The molecule has 0 aromatic heterocycles. The van der Waals surface area contributed by atoms with E-state index < -0.39 is 0 Å². The molecule has 1 atom stereocenters. The molecule has 21 heavy (non-hydrogen) atoms. The molecular formula is C18H26N2O. The third kappa shape index (κ3) is 4.99. The standard InChI is InChI=1S/C18H26N2O/c1-13(2)12-20(10-6-9-19)16(5)18(21)17-8-7-14(3)15(4)11-17/h7-8,11,13,16H,6,10,12H2,1-5H3. The van der Waals surface area contributed by atoms with Crippen LogP contribution in [0.25, 0.3) is 0 Å². The highest BCUT2D eigenvalue weighted by Gasteiger charge is 2.23. The summed E-state index contributed by atoms with van der Waals surface area (Å²) in [6, 6.07) is 7.84. The van der Waals surface area contributed by atoms with Crippen LogP contribution in [-0.2, 0) is 0 Å². The van der Waals surface area contributed by atoms with E-state index in [4.69, 9.17) is 5.26 Å². The van der Waals surface area contributed by atoms with Crippen molar-refractivity contribution < 1.29 is 4.79 Å². The molecule has 1 aromatic carbocycles. The number of Topliss-reactive ketones (excluding diaryl/α,β-unsaturated/α-hetero) is 1. The number of benzene rings is 1. The van der Waals surface area contributed by atoms with Gasteiger partial charge in [-0.05, 0) is 43.9 Å². The maximum absolute atomic E-state index is 12.7. The molecule has 1 unspecified atom stereocenters. The monoisotopic (exact) mass is 286 g/mol. The zero-order valence-corrected chi connectivity index (χ0v) is 13.8. The van der Waals surface area contributed by atoms with Crippen molar-refractivity contribution in [3.8, 4) is 6.07 Å². The summed E-state index contributed by atoms with van der Waals surface area (Å²) in [5, 5.41) is 8.79. The van der Waals surface area contributed by atoms with E-state index in [0.29, 0.717) is 18.9 Å². The average molecular weight is 286 g/mol. The van der Waals surface area contributed by atoms with Crippen LogP contribution in [0.15, 0.2) is 18.2 Å². The lowest BCUT2D eigenvalue weighted by Crippen LogP contribution is -2.41. The largest absolute Gasteiger partial charge is 0.292 e. The van der Waals surface area contributed by atoms with E-state index in [1.54, 1.807) is 0 Å². The number of aryl methyl sites for hydroxylation is 2. The molecule has 0 aliphatic heterocycles. The molecule has 0 amide bonds. The van der Waals surface area contributed by atoms with E-state index in [2.05, 4.69) is 24.8 Å². The van der Waals surface area contributed by atoms with Crippen molar-refractivity contribution >= 4 is 5.78 Å². The Bertz CT molecular complexity index is 529. The molecule has 0 spiro atoms. The van der Waals surface area contributed by atoms with Crippen molar-refractivity contribution in [3.63, 3.8) is 0 Å². The molecule has 1 rings (SSSR count). The van der Waals surface area contributed by atoms with Gasteiger partial charge < -0.3 is 0 Å². The Morgan fingerprint density at radius 1 is 1.24 bits per heavy atom. The van der Waals surface area contributed by atoms with Gasteiger partial charge in [0.1, 0.15) is 0 Å². The number of nitriles is 1. The van der Waals surface area contributed by atoms with E-state index in [9.17, 15) is 4.79 Å². The van der Waals surface area contributed by atoms with E-state index >= 15 is 0 Å². The SMILES string of the molecule is Cc1ccc(C(=O)C(C)N(CCC#N)CC(C)C)cc1C. The second kappa shape index (κ2) is 7.95. The summed E-state index contributed by atoms with van der Waals surface area (Å²) in [5.74, 6) is 0.607. The molecule has 0 saturated heterocycles. The van der Waals surface area contributed by atoms with E-state index in [1.807, 2.05) is 39.0 Å². The third-order valence-corrected chi connectivity index (χ3v) is 3.83. The quantitative estimate of drug-likeness (QED) is 0.717. The minimum atomic E-state index is -0.192. The van der Waals surface area contributed by atoms with Crippen LogP contribution in [0.3, 0.4) is 0 Å². The first-order valence-corrected chi connectivity index (χ1v) is 7.59. The molecule has 114 valence electrons. The Morgan fingerprint density at radius 2 is 1.90 bits per heavy atom. The van der Waals surface area contributed by atoms with Crippen molar-refractivity contribution in [2.45, 2.75) is 47.1 Å². The number of hydrogen-bond donors (Lipinski definition) is 0. The van der Waals surface area contributed by atoms with Gasteiger partial charge in [0, 0.05) is 25.1 Å². The normalized spacial score (nSPS) is 12.5. The number of rotatable bonds is 7. The van der Waals surface area contributed by atoms with Crippen LogP contribution in [0.5, 0.6) is 0 Å². The molecule has 0 aliphatic rings. The highest BCUT2D eigenvalue weighted by Crippen LogP contribution is 2.15. The van der Waals surface area contributed by atoms with Gasteiger partial charge in [-0.15, -0.1) is 0 Å². The second-order valence-electron chi connectivity index (χ2n) is 6.14. The molecule has 0 saturated carbocycles. The number of carbonyl (C=O) groups excluding carboxylic acids is 1. The van der Waals surface area contributed by atoms with Crippen molar-refractivity contribution in [2.75, 3.05) is 13.1 Å². The summed E-state index contributed by atoms with van der Waals surface area (Å²) < 4.78 is 0. The van der Waals surface area contributed by atoms with E-state index in [0.717, 1.165) is 17.7 Å². The van der Waals surface area contributed by atoms with Gasteiger partial charge >= 0.3 is 0 Å². The summed E-state index contributed by atoms with van der Waals surface area (Å²) in [7, 11) is 0. The Kier molecular flexibility index (Phi) is 6.58. The summed E-state index contributed by atoms with van der Waals surface area (Å²) >= 11 is 0. The number of carbonyl (C=O) groups is 1. The molecule has 0 fully saturated rings. The molecule has 0 heterocycles. The van der Waals surface area contributed by atoms with Gasteiger partial charge in [0.05, 0.1) is 12.1 Å². The van der Waals surface area contributed by atoms with E-state index in [-0.39, 0.29) is 11.8 Å². The fourth-order valence-electron chi connectivity index (χ4n) is 2.41. The minimum absolute atomic E-state index is 0.136. The summed E-state index contributed by atoms with van der Waals surface area (Å²) in [6.45, 7) is 11.8. The topological polar surface area (TPSA) is 44.1 Å². The van der Waals surface area contributed by atoms with Crippen molar-refractivity contribution in [3.05, 3.63) is 34.9 Å². The maximum Gasteiger partial charge on any atom is 0.179 e. The number of hydrogen-bond acceptors (Lipinski definition) is 3. The molecule has 0 bridgehead atoms. The predicted octanol–water partition coefficient (Wildman–Crippen LogP) is 3.75. The molecule has 3 nitrogen and oxygen atoms in total. The average Bonchev–Trinajstić information content (AvgIpc) is 2.44. The van der Waals surface area contributed by atoms with Crippen LogP contribution < -0.4 is 0 Å². The zero-order valence-electron chi connectivity index (χ0n) is 13.8. The second-order valence-corrected chi connectivity index (χ2v) is 6.14. The third-order valence-electron chi connectivity index (χ3n) is 3.83. The van der Waals surface area contributed by atoms with Crippen LogP contribution in [0.4, 0.5) is 0 Å². The lowest BCUT2D eigenvalue weighted by Gasteiger charge is -2.29. The Morgan fingerprint density at radius 3 is 2.43 bits per heavy atom. The molecular weight excluding hydrogens is 260 g/mol. The highest BCUT2D eigenvalue weighted by atomic mass is 16.1. The first-order chi connectivity index (χ1) is 9.86. The van der Waals surface area contributed by atoms with E-state index in [1.165, 1.54) is 5.56 Å². The van der Waals surface area contributed by atoms with Crippen LogP contribution >= 0.6 is 0 Å². The molecule has 0 radical (unpaired) electrons. The number of nitrogens with zero attached hydrogens (tertiary/aromatic N) is 2. The van der Waals surface area contributed by atoms with Gasteiger partial charge in [-0.25, -0.2) is 0 Å². The highest BCUT2D eigenvalue weighted by molar-refractivity contribution is 6.00. The van der Waals surface area contributed by atoms with Gasteiger partial charge in [0.25, 0.3) is 0 Å². The molecule has 0 aliphatic carbocycles. The van der Waals surface area contributed by atoms with Crippen LogP contribution in [0.1, 0.15) is 48.7 Å². The fourth-order valence-corrected chi connectivity index (χ4v) is 2.41. The van der Waals surface area contributed by atoms with Gasteiger partial charge in [-0.2, -0.15) is 5.26 Å². The van der Waals surface area contributed by atoms with Gasteiger partial charge in [0.2, 0.25) is 0 Å². The summed E-state index contributed by atoms with van der Waals surface area (Å²) in [6.07, 6.45) is 0.456. The predicted molar refractivity (Wildman–Crippen MR) is 86.3 cm³/mol. The fraction of sp³-hybridized carbons (Fsp3) is 0.556. The van der Waals surface area contributed by atoms with Gasteiger partial charge in [-0.3, -0.25) is 9.69 Å². The van der Waals surface area contributed by atoms with Gasteiger partial charge in [-0.1, -0.05) is 26.0 Å². The summed E-state index contributed by atoms with van der Waals surface area (Å²) in [5.41, 5.74) is 3.10. The lowest BCUT2D eigenvalue weighted by molar-refractivity contribution is 0.0824. The summed E-state index contributed by atoms with van der Waals surface area (Å²) in [4.78, 5) is 14.8. The zero-order chi connectivity index (χ0) is 16.0. The van der Waals surface area contributed by atoms with Crippen molar-refractivity contribution in [2.24, 2.45) is 5.92 Å². The maximum atomic E-state index is 12.7. The lowest BCUT2D eigenvalue weighted by atomic mass is 9.99.